The Labute approximate surface area is 277 Å². The van der Waals surface area contributed by atoms with E-state index in [4.69, 9.17) is 24.3 Å². The first-order valence-corrected chi connectivity index (χ1v) is 17.2. The molecule has 0 aromatic heterocycles. The summed E-state index contributed by atoms with van der Waals surface area (Å²) in [5.41, 5.74) is 0.381. The first kappa shape index (κ1) is 33.2. The van der Waals surface area contributed by atoms with Crippen molar-refractivity contribution in [2.45, 2.75) is 35.9 Å². The Hall–Kier alpha value is -4.19. The molecule has 2 atom stereocenters. The van der Waals surface area contributed by atoms with Crippen molar-refractivity contribution in [1.29, 1.82) is 0 Å². The number of rotatable bonds is 14. The molecule has 1 amide bonds. The molecule has 9 nitrogen and oxygen atoms in total. The summed E-state index contributed by atoms with van der Waals surface area (Å²) in [6, 6.07) is 29.9. The highest BCUT2D eigenvalue weighted by atomic mass is 79.9. The van der Waals surface area contributed by atoms with Crippen molar-refractivity contribution in [3.05, 3.63) is 124 Å². The van der Waals surface area contributed by atoms with Gasteiger partial charge in [-0.2, -0.15) is 0 Å². The molecule has 4 aromatic rings. The van der Waals surface area contributed by atoms with E-state index in [-0.39, 0.29) is 36.1 Å². The maximum Gasteiger partial charge on any atom is 0.252 e. The van der Waals surface area contributed by atoms with E-state index < -0.39 is 27.4 Å². The van der Waals surface area contributed by atoms with Gasteiger partial charge >= 0.3 is 0 Å². The number of aliphatic imine (C=N–C) groups is 1. The van der Waals surface area contributed by atoms with Crippen molar-refractivity contribution in [3.8, 4) is 11.5 Å². The van der Waals surface area contributed by atoms with E-state index in [0.717, 1.165) is 10.0 Å². The number of nitrogens with zero attached hydrogens (tertiary/aromatic N) is 1. The van der Waals surface area contributed by atoms with Crippen LogP contribution in [0.2, 0.25) is 0 Å². The number of nitrogens with one attached hydrogen (secondary N) is 1. The largest absolute Gasteiger partial charge is 0.496 e. The van der Waals surface area contributed by atoms with Gasteiger partial charge in [0.15, 0.2) is 21.5 Å². The van der Waals surface area contributed by atoms with Gasteiger partial charge in [-0.3, -0.25) is 4.79 Å². The molecule has 2 N–H and O–H groups in total. The van der Waals surface area contributed by atoms with E-state index in [9.17, 15) is 13.2 Å². The molecule has 0 saturated carbocycles. The van der Waals surface area contributed by atoms with Crippen LogP contribution in [0, 0.1) is 0 Å². The van der Waals surface area contributed by atoms with Crippen LogP contribution in [0.3, 0.4) is 0 Å². The summed E-state index contributed by atoms with van der Waals surface area (Å²) in [6.45, 7) is 0.527. The Morgan fingerprint density at radius 3 is 2.37 bits per heavy atom. The zero-order chi connectivity index (χ0) is 32.6. The lowest BCUT2D eigenvalue weighted by atomic mass is 9.85. The third kappa shape index (κ3) is 7.60. The lowest BCUT2D eigenvalue weighted by Gasteiger charge is -2.30. The number of hydrogen-bond donors (Lipinski definition) is 2. The van der Waals surface area contributed by atoms with Crippen LogP contribution in [-0.4, -0.2) is 56.9 Å². The van der Waals surface area contributed by atoms with Crippen LogP contribution in [0.15, 0.2) is 117 Å². The Bertz CT molecular complexity index is 1770. The van der Waals surface area contributed by atoms with Crippen LogP contribution in [0.1, 0.15) is 35.6 Å². The van der Waals surface area contributed by atoms with Crippen LogP contribution < -0.4 is 14.8 Å². The fourth-order valence-electron chi connectivity index (χ4n) is 5.22. The van der Waals surface area contributed by atoms with E-state index >= 15 is 0 Å². The number of aliphatic hydroxyl groups is 1. The standard InChI is InChI=1S/C35H35BrN2O7S/c1-43-31-11-6-5-8-27(31)24-37-34(40)35(20-23-46(41,42)30-9-3-2-4-10-30)32(25-12-16-28(36)17-13-25)45-33(38-35)26-14-18-29(19-15-26)44-22-7-21-39/h2-6,8-19,32,39H,7,20-24H2,1H3,(H,37,40)/t32-,35-/m1/s1. The highest BCUT2D eigenvalue weighted by Crippen LogP contribution is 2.43. The summed E-state index contributed by atoms with van der Waals surface area (Å²) >= 11 is 3.47. The van der Waals surface area contributed by atoms with Gasteiger partial charge in [0, 0.05) is 41.6 Å². The molecular weight excluding hydrogens is 672 g/mol. The molecule has 0 fully saturated rings. The van der Waals surface area contributed by atoms with Gasteiger partial charge in [-0.05, 0) is 60.2 Å². The van der Waals surface area contributed by atoms with Crippen molar-refractivity contribution < 1.29 is 32.5 Å². The molecule has 0 spiro atoms. The molecule has 4 aromatic carbocycles. The van der Waals surface area contributed by atoms with E-state index in [1.165, 1.54) is 0 Å². The fourth-order valence-corrected chi connectivity index (χ4v) is 6.87. The SMILES string of the molecule is COc1ccccc1CNC(=O)[C@]1(CCS(=O)(=O)c2ccccc2)N=C(c2ccc(OCCCO)cc2)O[C@@H]1c1ccc(Br)cc1. The second-order valence-corrected chi connectivity index (χ2v) is 13.7. The molecule has 1 heterocycles. The quantitative estimate of drug-likeness (QED) is 0.162. The highest BCUT2D eigenvalue weighted by molar-refractivity contribution is 9.10. The molecule has 0 radical (unpaired) electrons. The number of aliphatic hydroxyl groups excluding tert-OH is 1. The smallest absolute Gasteiger partial charge is 0.252 e. The van der Waals surface area contributed by atoms with E-state index in [0.29, 0.717) is 35.7 Å². The minimum Gasteiger partial charge on any atom is -0.496 e. The Kier molecular flexibility index (Phi) is 10.8. The van der Waals surface area contributed by atoms with Gasteiger partial charge in [0.05, 0.1) is 24.4 Å². The average Bonchev–Trinajstić information content (AvgIpc) is 3.48. The number of amides is 1. The molecule has 1 aliphatic heterocycles. The molecule has 0 unspecified atom stereocenters. The minimum atomic E-state index is -3.78. The van der Waals surface area contributed by atoms with E-state index in [1.807, 2.05) is 42.5 Å². The zero-order valence-electron chi connectivity index (χ0n) is 25.3. The number of halogens is 1. The molecule has 5 rings (SSSR count). The lowest BCUT2D eigenvalue weighted by molar-refractivity contribution is -0.129. The summed E-state index contributed by atoms with van der Waals surface area (Å²) in [6.07, 6.45) is -0.570. The first-order valence-electron chi connectivity index (χ1n) is 14.8. The first-order chi connectivity index (χ1) is 22.3. The Morgan fingerprint density at radius 2 is 1.67 bits per heavy atom. The monoisotopic (exact) mass is 706 g/mol. The molecule has 0 aliphatic carbocycles. The summed E-state index contributed by atoms with van der Waals surface area (Å²) in [4.78, 5) is 19.5. The van der Waals surface area contributed by atoms with Crippen molar-refractivity contribution in [2.75, 3.05) is 26.1 Å². The van der Waals surface area contributed by atoms with Gasteiger partial charge in [-0.1, -0.05) is 64.5 Å². The summed E-state index contributed by atoms with van der Waals surface area (Å²) in [5, 5.41) is 12.1. The zero-order valence-corrected chi connectivity index (χ0v) is 27.7. The normalized spacial score (nSPS) is 17.5. The molecule has 1 aliphatic rings. The summed E-state index contributed by atoms with van der Waals surface area (Å²) < 4.78 is 45.5. The Balaban J connectivity index is 1.55. The molecule has 11 heteroatoms. The molecule has 46 heavy (non-hydrogen) atoms. The Morgan fingerprint density at radius 1 is 0.978 bits per heavy atom. The van der Waals surface area contributed by atoms with Crippen LogP contribution in [0.4, 0.5) is 0 Å². The van der Waals surface area contributed by atoms with Crippen molar-refractivity contribution >= 4 is 37.6 Å². The number of carbonyl (C=O) groups is 1. The van der Waals surface area contributed by atoms with Crippen molar-refractivity contribution in [3.63, 3.8) is 0 Å². The number of para-hydroxylation sites is 1. The lowest BCUT2D eigenvalue weighted by Crippen LogP contribution is -2.49. The molecular formula is C35H35BrN2O7S. The van der Waals surface area contributed by atoms with Gasteiger partial charge < -0.3 is 24.6 Å². The molecule has 0 bridgehead atoms. The third-order valence-electron chi connectivity index (χ3n) is 7.69. The molecule has 240 valence electrons. The number of methoxy groups -OCH3 is 1. The van der Waals surface area contributed by atoms with Gasteiger partial charge in [0.1, 0.15) is 11.5 Å². The summed E-state index contributed by atoms with van der Waals surface area (Å²) in [5.74, 6) is 0.605. The van der Waals surface area contributed by atoms with Gasteiger partial charge in [0.2, 0.25) is 5.90 Å². The second kappa shape index (κ2) is 14.9. The van der Waals surface area contributed by atoms with Crippen molar-refractivity contribution in [2.24, 2.45) is 4.99 Å². The minimum absolute atomic E-state index is 0.0291. The van der Waals surface area contributed by atoms with Crippen LogP contribution in [0.5, 0.6) is 11.5 Å². The van der Waals surface area contributed by atoms with E-state index in [1.54, 1.807) is 67.8 Å². The predicted molar refractivity (Wildman–Crippen MR) is 179 cm³/mol. The molecule has 0 saturated heterocycles. The predicted octanol–water partition coefficient (Wildman–Crippen LogP) is 5.66. The van der Waals surface area contributed by atoms with Gasteiger partial charge in [0.25, 0.3) is 5.91 Å². The number of sulfone groups is 1. The third-order valence-corrected chi connectivity index (χ3v) is 9.95. The van der Waals surface area contributed by atoms with Crippen LogP contribution in [-0.2, 0) is 25.9 Å². The van der Waals surface area contributed by atoms with Crippen LogP contribution in [0.25, 0.3) is 0 Å². The highest BCUT2D eigenvalue weighted by Gasteiger charge is 2.53. The summed E-state index contributed by atoms with van der Waals surface area (Å²) in [7, 11) is -2.22. The fraction of sp³-hybridized carbons (Fsp3) is 0.257. The second-order valence-electron chi connectivity index (χ2n) is 10.7. The maximum atomic E-state index is 14.4. The number of hydrogen-bond acceptors (Lipinski definition) is 8. The maximum absolute atomic E-state index is 14.4. The van der Waals surface area contributed by atoms with Gasteiger partial charge in [-0.15, -0.1) is 0 Å². The average molecular weight is 708 g/mol. The van der Waals surface area contributed by atoms with Gasteiger partial charge in [-0.25, -0.2) is 13.4 Å². The van der Waals surface area contributed by atoms with E-state index in [2.05, 4.69) is 21.2 Å². The number of ether oxygens (including phenoxy) is 3. The number of carbonyl (C=O) groups excluding carboxylic acids is 1. The number of benzene rings is 4. The topological polar surface area (TPSA) is 124 Å². The van der Waals surface area contributed by atoms with Crippen LogP contribution >= 0.6 is 15.9 Å². The van der Waals surface area contributed by atoms with Crippen molar-refractivity contribution in [1.82, 2.24) is 5.32 Å².